The van der Waals surface area contributed by atoms with Crippen LogP contribution in [0.4, 0.5) is 27.9 Å². The first-order chi connectivity index (χ1) is 16.7. The molecule has 1 unspecified atom stereocenters. The molecule has 4 rings (SSSR count). The topological polar surface area (TPSA) is 44.8 Å². The van der Waals surface area contributed by atoms with E-state index in [4.69, 9.17) is 11.6 Å². The van der Waals surface area contributed by atoms with Gasteiger partial charge in [0.1, 0.15) is 17.6 Å². The molecule has 3 aromatic rings. The molecule has 35 heavy (non-hydrogen) atoms. The van der Waals surface area contributed by atoms with Gasteiger partial charge in [0.15, 0.2) is 5.82 Å². The van der Waals surface area contributed by atoms with Crippen molar-refractivity contribution in [3.63, 3.8) is 0 Å². The molecule has 1 aliphatic heterocycles. The number of aromatic amines is 1. The lowest BCUT2D eigenvalue weighted by molar-refractivity contribution is -0.141. The number of hydrogen-bond acceptors (Lipinski definition) is 3. The fourth-order valence-corrected chi connectivity index (χ4v) is 4.45. The fourth-order valence-electron chi connectivity index (χ4n) is 4.30. The summed E-state index contributed by atoms with van der Waals surface area (Å²) in [5, 5.41) is 0.230. The Morgan fingerprint density at radius 1 is 1.29 bits per heavy atom. The highest BCUT2D eigenvalue weighted by Gasteiger charge is 2.38. The third-order valence-electron chi connectivity index (χ3n) is 5.79. The smallest absolute Gasteiger partial charge is 0.356 e. The number of hydrogen-bond donors (Lipinski definition) is 1. The molecule has 1 N–H and O–H groups in total. The quantitative estimate of drug-likeness (QED) is 0.284. The number of nitrogens with zero attached hydrogens (tertiary/aromatic N) is 3. The van der Waals surface area contributed by atoms with Gasteiger partial charge >= 0.3 is 6.18 Å². The van der Waals surface area contributed by atoms with E-state index in [0.717, 1.165) is 12.3 Å². The molecule has 184 valence electrons. The van der Waals surface area contributed by atoms with Crippen LogP contribution in [0.3, 0.4) is 0 Å². The van der Waals surface area contributed by atoms with E-state index in [1.165, 1.54) is 17.0 Å². The van der Waals surface area contributed by atoms with Crippen molar-refractivity contribution in [1.29, 1.82) is 0 Å². The predicted molar refractivity (Wildman–Crippen MR) is 126 cm³/mol. The van der Waals surface area contributed by atoms with Gasteiger partial charge in [0, 0.05) is 34.9 Å². The molecule has 0 saturated heterocycles. The number of H-pyrrole nitrogens is 1. The first-order valence-corrected chi connectivity index (χ1v) is 11.4. The molecule has 4 nitrogen and oxygen atoms in total. The highest BCUT2D eigenvalue weighted by molar-refractivity contribution is 6.31. The number of anilines is 1. The molecule has 1 aromatic carbocycles. The third kappa shape index (κ3) is 4.69. The molecule has 2 aromatic heterocycles. The molecule has 10 heteroatoms. The number of nitrogens with one attached hydrogen (secondary N) is 1. The minimum atomic E-state index is -4.67. The van der Waals surface area contributed by atoms with Crippen molar-refractivity contribution in [2.45, 2.75) is 38.9 Å². The molecule has 0 amide bonds. The van der Waals surface area contributed by atoms with Crippen LogP contribution in [0.25, 0.3) is 10.9 Å². The highest BCUT2D eigenvalue weighted by atomic mass is 35.5. The standard InChI is InChI=1S/C25H22ClF5N4/c1-3-5-7-14(17(27)6-4-2)23-22-15(20-18(33-22)9-8-16(26)21(20)28)11-13-35(23)24-32-12-10-19(34-24)25(29,30)31/h3,5-10,12,23,33H,4,11,13H2,1-2H3/b5-3-,14-7+,17-6-. The SMILES string of the molecule is C\C=C/C=C(\C(F)=C\CC)C1c2[nH]c3ccc(Cl)c(F)c3c2CCN1c1nccc(C(F)(F)F)n1. The first-order valence-electron chi connectivity index (χ1n) is 11.0. The summed E-state index contributed by atoms with van der Waals surface area (Å²) < 4.78 is 70.6. The van der Waals surface area contributed by atoms with Crippen molar-refractivity contribution >= 4 is 28.5 Å². The maximum absolute atomic E-state index is 15.4. The average molecular weight is 509 g/mol. The molecule has 0 saturated carbocycles. The second-order valence-electron chi connectivity index (χ2n) is 7.99. The van der Waals surface area contributed by atoms with Gasteiger partial charge in [-0.3, -0.25) is 0 Å². The van der Waals surface area contributed by atoms with E-state index in [-0.39, 0.29) is 34.9 Å². The first kappa shape index (κ1) is 24.9. The lowest BCUT2D eigenvalue weighted by atomic mass is 9.91. The molecule has 0 bridgehead atoms. The monoisotopic (exact) mass is 508 g/mol. The van der Waals surface area contributed by atoms with Crippen molar-refractivity contribution in [2.24, 2.45) is 0 Å². The highest BCUT2D eigenvalue weighted by Crippen LogP contribution is 2.44. The fraction of sp³-hybridized carbons (Fsp3) is 0.280. The molecule has 1 atom stereocenters. The Bertz CT molecular complexity index is 1340. The Kier molecular flexibility index (Phi) is 6.98. The molecule has 1 aliphatic rings. The van der Waals surface area contributed by atoms with Crippen molar-refractivity contribution in [2.75, 3.05) is 11.4 Å². The van der Waals surface area contributed by atoms with E-state index in [9.17, 15) is 13.2 Å². The van der Waals surface area contributed by atoms with Crippen LogP contribution < -0.4 is 4.90 Å². The number of benzene rings is 1. The van der Waals surface area contributed by atoms with E-state index >= 15 is 8.78 Å². The van der Waals surface area contributed by atoms with E-state index in [1.807, 2.05) is 0 Å². The maximum atomic E-state index is 15.4. The van der Waals surface area contributed by atoms with Crippen molar-refractivity contribution < 1.29 is 22.0 Å². The lowest BCUT2D eigenvalue weighted by Gasteiger charge is -2.37. The van der Waals surface area contributed by atoms with Crippen LogP contribution >= 0.6 is 11.6 Å². The van der Waals surface area contributed by atoms with Crippen molar-refractivity contribution in [1.82, 2.24) is 15.0 Å². The second kappa shape index (κ2) is 9.81. The molecule has 0 fully saturated rings. The number of allylic oxidation sites excluding steroid dienone is 4. The summed E-state index contributed by atoms with van der Waals surface area (Å²) in [6, 6.07) is 2.88. The second-order valence-corrected chi connectivity index (χ2v) is 8.40. The van der Waals surface area contributed by atoms with Gasteiger partial charge in [-0.25, -0.2) is 18.7 Å². The Morgan fingerprint density at radius 2 is 2.06 bits per heavy atom. The summed E-state index contributed by atoms with van der Waals surface area (Å²) >= 11 is 6.02. The summed E-state index contributed by atoms with van der Waals surface area (Å²) in [4.78, 5) is 12.5. The number of aromatic nitrogens is 3. The van der Waals surface area contributed by atoms with Gasteiger partial charge in [0.05, 0.1) is 5.02 Å². The molecular formula is C25H22ClF5N4. The summed E-state index contributed by atoms with van der Waals surface area (Å²) in [6.07, 6.45) is 3.29. The van der Waals surface area contributed by atoms with Crippen LogP contribution in [-0.2, 0) is 12.6 Å². The minimum Gasteiger partial charge on any atom is -0.356 e. The number of fused-ring (bicyclic) bond motifs is 3. The molecule has 3 heterocycles. The van der Waals surface area contributed by atoms with E-state index < -0.39 is 29.6 Å². The van der Waals surface area contributed by atoms with Crippen LogP contribution in [-0.4, -0.2) is 21.5 Å². The summed E-state index contributed by atoms with van der Waals surface area (Å²) in [7, 11) is 0. The summed E-state index contributed by atoms with van der Waals surface area (Å²) in [6.45, 7) is 3.66. The van der Waals surface area contributed by atoms with Crippen molar-refractivity contribution in [3.8, 4) is 0 Å². The minimum absolute atomic E-state index is 0.0544. The molecule has 0 aliphatic carbocycles. The molecule has 0 spiro atoms. The maximum Gasteiger partial charge on any atom is 0.433 e. The predicted octanol–water partition coefficient (Wildman–Crippen LogP) is 7.64. The van der Waals surface area contributed by atoms with Gasteiger partial charge in [-0.2, -0.15) is 13.2 Å². The third-order valence-corrected chi connectivity index (χ3v) is 6.08. The Labute approximate surface area is 203 Å². The zero-order valence-electron chi connectivity index (χ0n) is 18.9. The zero-order chi connectivity index (χ0) is 25.3. The van der Waals surface area contributed by atoms with Crippen LogP contribution in [0, 0.1) is 5.82 Å². The van der Waals surface area contributed by atoms with E-state index in [0.29, 0.717) is 23.2 Å². The molecular weight excluding hydrogens is 487 g/mol. The number of rotatable bonds is 5. The van der Waals surface area contributed by atoms with Gasteiger partial charge in [-0.05, 0) is 49.6 Å². The van der Waals surface area contributed by atoms with Gasteiger partial charge in [-0.1, -0.05) is 36.8 Å². The van der Waals surface area contributed by atoms with Gasteiger partial charge in [0.25, 0.3) is 0 Å². The van der Waals surface area contributed by atoms with Gasteiger partial charge < -0.3 is 9.88 Å². The van der Waals surface area contributed by atoms with Crippen LogP contribution in [0.2, 0.25) is 5.02 Å². The zero-order valence-corrected chi connectivity index (χ0v) is 19.7. The lowest BCUT2D eigenvalue weighted by Crippen LogP contribution is -2.38. The Morgan fingerprint density at radius 3 is 2.74 bits per heavy atom. The largest absolute Gasteiger partial charge is 0.433 e. The van der Waals surface area contributed by atoms with Crippen LogP contribution in [0.5, 0.6) is 0 Å². The number of alkyl halides is 3. The normalized spacial score (nSPS) is 17.5. The average Bonchev–Trinajstić information content (AvgIpc) is 3.21. The van der Waals surface area contributed by atoms with Crippen molar-refractivity contribution in [3.05, 3.63) is 87.9 Å². The number of halogens is 6. The molecule has 0 radical (unpaired) electrons. The Hall–Kier alpha value is -3.20. The Balaban J connectivity index is 1.98. The van der Waals surface area contributed by atoms with E-state index in [2.05, 4.69) is 15.0 Å². The van der Waals surface area contributed by atoms with Gasteiger partial charge in [0.2, 0.25) is 5.95 Å². The van der Waals surface area contributed by atoms with E-state index in [1.54, 1.807) is 38.1 Å². The van der Waals surface area contributed by atoms with Gasteiger partial charge in [-0.15, -0.1) is 0 Å². The van der Waals surface area contributed by atoms with Crippen LogP contribution in [0.1, 0.15) is 43.3 Å². The van der Waals surface area contributed by atoms with Crippen LogP contribution in [0.15, 0.2) is 60.1 Å². The summed E-state index contributed by atoms with van der Waals surface area (Å²) in [5.74, 6) is -1.35. The summed E-state index contributed by atoms with van der Waals surface area (Å²) in [5.41, 5.74) is 0.571.